The molecule has 0 saturated heterocycles. The molecule has 1 nitrogen and oxygen atoms in total. The van der Waals surface area contributed by atoms with Crippen LogP contribution in [-0.2, 0) is 12.5 Å². The third kappa shape index (κ3) is 3.70. The van der Waals surface area contributed by atoms with E-state index in [9.17, 15) is 0 Å². The zero-order valence-corrected chi connectivity index (χ0v) is 23.9. The van der Waals surface area contributed by atoms with Gasteiger partial charge in [-0.1, -0.05) is 63.8 Å². The number of hydrogen-bond donors (Lipinski definition) is 0. The Morgan fingerprint density at radius 2 is 1.56 bits per heavy atom. The minimum atomic E-state index is -1.34. The van der Waals surface area contributed by atoms with Gasteiger partial charge in [0.1, 0.15) is 7.05 Å². The van der Waals surface area contributed by atoms with Crippen LogP contribution < -0.4 is 9.75 Å². The summed E-state index contributed by atoms with van der Waals surface area (Å²) in [4.78, 5) is 0. The van der Waals surface area contributed by atoms with Gasteiger partial charge >= 0.3 is 0 Å². The summed E-state index contributed by atoms with van der Waals surface area (Å²) in [7, 11) is 0.884. The molecule has 0 saturated carbocycles. The van der Waals surface area contributed by atoms with Gasteiger partial charge in [0.05, 0.1) is 13.6 Å². The van der Waals surface area contributed by atoms with E-state index in [1.54, 1.807) is 0 Å². The van der Waals surface area contributed by atoms with Crippen molar-refractivity contribution in [3.05, 3.63) is 71.3 Å². The highest BCUT2D eigenvalue weighted by atomic mass is 32.1. The van der Waals surface area contributed by atoms with E-state index in [1.165, 1.54) is 64.2 Å². The lowest BCUT2D eigenvalue weighted by molar-refractivity contribution is -0.633. The van der Waals surface area contributed by atoms with Crippen molar-refractivity contribution in [2.24, 2.45) is 7.05 Å². The van der Waals surface area contributed by atoms with E-state index < -0.39 is 8.07 Å². The van der Waals surface area contributed by atoms with Gasteiger partial charge in [0.25, 0.3) is 0 Å². The van der Waals surface area contributed by atoms with Gasteiger partial charge in [-0.15, -0.1) is 11.3 Å². The van der Waals surface area contributed by atoms with Crippen LogP contribution in [0.2, 0.25) is 19.6 Å². The fraction of sp³-hybridized carbons (Fsp3) is 0.323. The van der Waals surface area contributed by atoms with Crippen molar-refractivity contribution < 1.29 is 4.57 Å². The molecule has 3 aromatic carbocycles. The first kappa shape index (κ1) is 23.3. The molecule has 0 unspecified atom stereocenters. The molecule has 0 N–H and O–H groups in total. The topological polar surface area (TPSA) is 3.88 Å². The fourth-order valence-corrected chi connectivity index (χ4v) is 7.54. The van der Waals surface area contributed by atoms with Crippen molar-refractivity contribution in [1.82, 2.24) is 0 Å². The molecule has 174 valence electrons. The molecule has 0 fully saturated rings. The summed E-state index contributed by atoms with van der Waals surface area (Å²) >= 11 is 1.95. The summed E-state index contributed by atoms with van der Waals surface area (Å²) in [6, 6.07) is 21.2. The number of aromatic nitrogens is 1. The molecule has 0 aliphatic heterocycles. The summed E-state index contributed by atoms with van der Waals surface area (Å²) < 4.78 is 5.19. The van der Waals surface area contributed by atoms with Crippen LogP contribution in [0.3, 0.4) is 0 Å². The lowest BCUT2D eigenvalue weighted by Crippen LogP contribution is -2.38. The Kier molecular flexibility index (Phi) is 5.31. The predicted molar refractivity (Wildman–Crippen MR) is 155 cm³/mol. The average molecular weight is 483 g/mol. The molecule has 3 heteroatoms. The minimum Gasteiger partial charge on any atom is -0.194 e. The molecular weight excluding hydrogens is 447 g/mol. The number of pyridine rings is 1. The lowest BCUT2D eigenvalue weighted by Gasteiger charge is -2.18. The van der Waals surface area contributed by atoms with Crippen LogP contribution in [0.4, 0.5) is 0 Å². The molecule has 5 rings (SSSR count). The fourth-order valence-electron chi connectivity index (χ4n) is 5.03. The van der Waals surface area contributed by atoms with Crippen molar-refractivity contribution in [3.8, 4) is 11.3 Å². The van der Waals surface area contributed by atoms with Crippen molar-refractivity contribution in [2.75, 3.05) is 0 Å². The summed E-state index contributed by atoms with van der Waals surface area (Å²) in [5, 5.41) is 5.60. The van der Waals surface area contributed by atoms with Gasteiger partial charge in [0.15, 0.2) is 0 Å². The van der Waals surface area contributed by atoms with E-state index in [0.717, 1.165) is 0 Å². The minimum absolute atomic E-state index is 0.151. The average Bonchev–Trinajstić information content (AvgIpc) is 3.11. The summed E-state index contributed by atoms with van der Waals surface area (Å²) in [5.41, 5.74) is 8.26. The van der Waals surface area contributed by atoms with Gasteiger partial charge < -0.3 is 0 Å². The van der Waals surface area contributed by atoms with Crippen LogP contribution in [0.1, 0.15) is 37.5 Å². The van der Waals surface area contributed by atoms with E-state index >= 15 is 0 Å². The molecular formula is C31H36NSSi+. The molecule has 0 atom stereocenters. The van der Waals surface area contributed by atoms with Crippen LogP contribution >= 0.6 is 11.3 Å². The molecule has 0 spiro atoms. The Bertz CT molecular complexity index is 1590. The molecule has 0 radical (unpaired) electrons. The first-order valence-corrected chi connectivity index (χ1v) is 16.6. The first-order chi connectivity index (χ1) is 15.9. The van der Waals surface area contributed by atoms with E-state index in [2.05, 4.69) is 120 Å². The first-order valence-electron chi connectivity index (χ1n) is 12.3. The third-order valence-corrected chi connectivity index (χ3v) is 10.7. The Labute approximate surface area is 209 Å². The lowest BCUT2D eigenvalue weighted by atomic mass is 9.86. The summed E-state index contributed by atoms with van der Waals surface area (Å²) in [5.74, 6) is 0. The number of aryl methyl sites for hydroxylation is 2. The SMILES string of the molecule is Cc1cc2c(sc3cc(C(C)(C)C)ccc32)c(-c2ccc3cc([Si](C)(C)C)ccc3[n+]2C)c1C. The molecule has 5 aromatic rings. The maximum absolute atomic E-state index is 2.42. The highest BCUT2D eigenvalue weighted by Gasteiger charge is 2.24. The van der Waals surface area contributed by atoms with Crippen molar-refractivity contribution in [1.29, 1.82) is 0 Å². The van der Waals surface area contributed by atoms with Crippen molar-refractivity contribution >= 4 is 55.7 Å². The monoisotopic (exact) mass is 482 g/mol. The largest absolute Gasteiger partial charge is 0.214 e. The van der Waals surface area contributed by atoms with E-state index in [1.807, 2.05) is 11.3 Å². The molecule has 2 heterocycles. The standard InChI is InChI=1S/C31H36NSSi/c1-19-16-25-24-13-11-22(31(3,4)5)18-28(24)33-30(25)29(20(19)2)27-14-10-21-17-23(34(7,8)9)12-15-26(21)32(27)6/h10-18H,1-9H3/q+1. The predicted octanol–water partition coefficient (Wildman–Crippen LogP) is 8.16. The van der Waals surface area contributed by atoms with Crippen molar-refractivity contribution in [2.45, 2.75) is 59.7 Å². The molecule has 0 aliphatic rings. The Morgan fingerprint density at radius 1 is 0.824 bits per heavy atom. The molecule has 0 bridgehead atoms. The maximum atomic E-state index is 2.42. The second-order valence-corrected chi connectivity index (χ2v) is 18.1. The number of fused-ring (bicyclic) bond motifs is 4. The van der Waals surface area contributed by atoms with Crippen LogP contribution in [0.5, 0.6) is 0 Å². The van der Waals surface area contributed by atoms with Gasteiger partial charge in [-0.25, -0.2) is 0 Å². The van der Waals surface area contributed by atoms with Gasteiger partial charge in [-0.2, -0.15) is 4.57 Å². The normalized spacial score (nSPS) is 12.9. The van der Waals surface area contributed by atoms with E-state index in [0.29, 0.717) is 0 Å². The van der Waals surface area contributed by atoms with Gasteiger partial charge in [0, 0.05) is 37.7 Å². The summed E-state index contributed by atoms with van der Waals surface area (Å²) in [6.07, 6.45) is 0. The molecule has 34 heavy (non-hydrogen) atoms. The molecule has 2 aromatic heterocycles. The van der Waals surface area contributed by atoms with E-state index in [-0.39, 0.29) is 5.41 Å². The van der Waals surface area contributed by atoms with Crippen LogP contribution in [-0.4, -0.2) is 8.07 Å². The van der Waals surface area contributed by atoms with Gasteiger partial charge in [-0.05, 0) is 60.2 Å². The maximum Gasteiger partial charge on any atom is 0.214 e. The molecule has 0 amide bonds. The zero-order chi connectivity index (χ0) is 24.6. The third-order valence-electron chi connectivity index (χ3n) is 7.44. The van der Waals surface area contributed by atoms with Crippen LogP contribution in [0, 0.1) is 13.8 Å². The van der Waals surface area contributed by atoms with Crippen molar-refractivity contribution in [3.63, 3.8) is 0 Å². The quantitative estimate of drug-likeness (QED) is 0.176. The second kappa shape index (κ2) is 7.76. The van der Waals surface area contributed by atoms with Gasteiger partial charge in [-0.3, -0.25) is 0 Å². The number of rotatable bonds is 2. The van der Waals surface area contributed by atoms with E-state index in [4.69, 9.17) is 0 Å². The smallest absolute Gasteiger partial charge is 0.194 e. The highest BCUT2D eigenvalue weighted by Crippen LogP contribution is 2.43. The number of thiophene rings is 1. The highest BCUT2D eigenvalue weighted by molar-refractivity contribution is 7.26. The summed E-state index contributed by atoms with van der Waals surface area (Å²) in [6.45, 7) is 18.7. The Morgan fingerprint density at radius 3 is 2.24 bits per heavy atom. The number of nitrogens with zero attached hydrogens (tertiary/aromatic N) is 1. The Hall–Kier alpha value is -2.49. The Balaban J connectivity index is 1.80. The number of hydrogen-bond acceptors (Lipinski definition) is 1. The second-order valence-electron chi connectivity index (χ2n) is 11.9. The van der Waals surface area contributed by atoms with Crippen LogP contribution in [0.15, 0.2) is 54.6 Å². The zero-order valence-electron chi connectivity index (χ0n) is 22.1. The number of benzene rings is 3. The van der Waals surface area contributed by atoms with Gasteiger partial charge in [0.2, 0.25) is 11.2 Å². The van der Waals surface area contributed by atoms with Crippen LogP contribution in [0.25, 0.3) is 42.3 Å². The molecule has 0 aliphatic carbocycles.